The Labute approximate surface area is 374 Å². The Morgan fingerprint density at radius 1 is 0.839 bits per heavy atom. The third-order valence-corrected chi connectivity index (χ3v) is 22.0. The molecule has 7 fully saturated rings. The normalized spacial score (nSPS) is 42.7. The van der Waals surface area contributed by atoms with Crippen molar-refractivity contribution < 1.29 is 32.6 Å². The van der Waals surface area contributed by atoms with Crippen molar-refractivity contribution in [3.8, 4) is 0 Å². The Bertz CT molecular complexity index is 1970. The zero-order chi connectivity index (χ0) is 44.8. The van der Waals surface area contributed by atoms with Gasteiger partial charge < -0.3 is 19.9 Å². The third kappa shape index (κ3) is 7.47. The summed E-state index contributed by atoms with van der Waals surface area (Å²) < 4.78 is 36.9. The molecule has 1 aromatic rings. The minimum atomic E-state index is -3.01. The molecule has 14 atom stereocenters. The van der Waals surface area contributed by atoms with Crippen LogP contribution in [-0.4, -0.2) is 85.3 Å². The lowest BCUT2D eigenvalue weighted by atomic mass is 9.32. The van der Waals surface area contributed by atoms with Crippen LogP contribution in [0.1, 0.15) is 139 Å². The highest BCUT2D eigenvalue weighted by Crippen LogP contribution is 2.76. The summed E-state index contributed by atoms with van der Waals surface area (Å²) in [6, 6.07) is 9.62. The summed E-state index contributed by atoms with van der Waals surface area (Å²) in [5.74, 6) is 1.84. The molecular weight excluding hydrogens is 797 g/mol. The van der Waals surface area contributed by atoms with Crippen LogP contribution in [0.25, 0.3) is 0 Å². The molecule has 0 radical (unpaired) electrons. The molecule has 346 valence electrons. The van der Waals surface area contributed by atoms with Crippen LogP contribution < -0.4 is 5.32 Å². The summed E-state index contributed by atoms with van der Waals surface area (Å²) in [6.07, 6.45) is 11.0. The molecule has 6 saturated carbocycles. The fourth-order valence-corrected chi connectivity index (χ4v) is 17.6. The lowest BCUT2D eigenvalue weighted by Gasteiger charge is -2.73. The maximum Gasteiger partial charge on any atom is 0.309 e. The number of carbonyl (C=O) groups is 2. The molecule has 0 amide bonds. The number of sulfone groups is 1. The lowest BCUT2D eigenvalue weighted by Crippen LogP contribution is -2.69. The number of fused-ring (bicyclic) bond motifs is 7. The number of esters is 2. The second kappa shape index (κ2) is 16.3. The standard InChI is InChI=1S/C52H80N2O7S/c1-33(2)36-18-23-52(53-31-40(34(3)55)54-26-28-62(58,59)29-27-54)25-24-50(9)37(44(36)52)16-17-42-49(8)21-20-43(48(6,7)41(49)19-22-51(42,50)10)61-46(57)39-30-38(47(39,4)5)45(56)60-32-35-14-12-11-13-15-35/h11-15,34,36-44,53,55H,1,16-32H2,2-10H3/t34-,36+,37-,38+,39-,40-,41+,42-,43+,44-,49+,50-,51-,52+/m1/s1. The number of allylic oxidation sites excluding steroid dienone is 1. The van der Waals surface area contributed by atoms with Gasteiger partial charge in [-0.2, -0.15) is 0 Å². The largest absolute Gasteiger partial charge is 0.462 e. The molecule has 2 N–H and O–H groups in total. The van der Waals surface area contributed by atoms with Crippen LogP contribution in [0.4, 0.5) is 0 Å². The molecule has 7 aliphatic rings. The highest BCUT2D eigenvalue weighted by atomic mass is 32.2. The van der Waals surface area contributed by atoms with Gasteiger partial charge in [0.15, 0.2) is 9.84 Å². The van der Waals surface area contributed by atoms with Gasteiger partial charge in [-0.3, -0.25) is 14.5 Å². The van der Waals surface area contributed by atoms with E-state index in [1.165, 1.54) is 31.3 Å². The van der Waals surface area contributed by atoms with E-state index in [0.29, 0.717) is 55.6 Å². The number of carbonyl (C=O) groups excluding carboxylic acids is 2. The summed E-state index contributed by atoms with van der Waals surface area (Å²) in [5.41, 5.74) is 2.03. The molecule has 0 bridgehead atoms. The fraction of sp³-hybridized carbons (Fsp3) is 0.808. The van der Waals surface area contributed by atoms with Crippen LogP contribution in [-0.2, 0) is 35.5 Å². The Morgan fingerprint density at radius 3 is 2.16 bits per heavy atom. The van der Waals surface area contributed by atoms with E-state index in [0.717, 1.165) is 44.1 Å². The van der Waals surface area contributed by atoms with Crippen molar-refractivity contribution in [3.63, 3.8) is 0 Å². The highest BCUT2D eigenvalue weighted by molar-refractivity contribution is 7.91. The molecule has 9 nitrogen and oxygen atoms in total. The highest BCUT2D eigenvalue weighted by Gasteiger charge is 2.71. The molecule has 10 heteroatoms. The maximum atomic E-state index is 14.1. The van der Waals surface area contributed by atoms with Gasteiger partial charge >= 0.3 is 11.9 Å². The van der Waals surface area contributed by atoms with Gasteiger partial charge in [0.25, 0.3) is 0 Å². The van der Waals surface area contributed by atoms with E-state index >= 15 is 0 Å². The third-order valence-electron chi connectivity index (χ3n) is 20.4. The fourth-order valence-electron chi connectivity index (χ4n) is 16.4. The number of ether oxygens (including phenoxy) is 2. The van der Waals surface area contributed by atoms with Gasteiger partial charge in [0.05, 0.1) is 29.4 Å². The molecule has 0 unspecified atom stereocenters. The number of rotatable bonds is 11. The SMILES string of the molecule is C=C(C)[C@@H]1CC[C@]2(NC[C@H]([C@@H](C)O)N3CCS(=O)(=O)CC3)CC[C@]3(C)[C@H](CC[C@@H]4[C@@]5(C)CC[C@H](OC(=O)[C@H]6C[C@@H](C(=O)OCc7ccccc7)C6(C)C)C(C)(C)[C@@H]5CC[C@]43C)[C@@H]12. The second-order valence-electron chi connectivity index (χ2n) is 23.8. The first-order valence-corrected chi connectivity index (χ1v) is 26.3. The molecule has 0 spiro atoms. The van der Waals surface area contributed by atoms with Crippen LogP contribution in [0.3, 0.4) is 0 Å². The van der Waals surface area contributed by atoms with E-state index in [9.17, 15) is 23.1 Å². The van der Waals surface area contributed by atoms with Crippen LogP contribution in [0.5, 0.6) is 0 Å². The molecule has 0 aromatic heterocycles. The molecule has 6 aliphatic carbocycles. The van der Waals surface area contributed by atoms with Crippen LogP contribution >= 0.6 is 0 Å². The molecule has 1 heterocycles. The first-order chi connectivity index (χ1) is 29.0. The van der Waals surface area contributed by atoms with Gasteiger partial charge in [0.1, 0.15) is 12.7 Å². The zero-order valence-electron chi connectivity index (χ0n) is 39.6. The smallest absolute Gasteiger partial charge is 0.309 e. The molecular formula is C52H80N2O7S. The second-order valence-corrected chi connectivity index (χ2v) is 26.1. The molecule has 1 aromatic carbocycles. The van der Waals surface area contributed by atoms with Crippen molar-refractivity contribution in [1.82, 2.24) is 10.2 Å². The number of aliphatic hydroxyl groups is 1. The van der Waals surface area contributed by atoms with Crippen molar-refractivity contribution in [3.05, 3.63) is 48.0 Å². The van der Waals surface area contributed by atoms with Crippen LogP contribution in [0, 0.1) is 68.5 Å². The van der Waals surface area contributed by atoms with E-state index in [4.69, 9.17) is 9.47 Å². The number of aliphatic hydroxyl groups excluding tert-OH is 1. The molecule has 8 rings (SSSR count). The van der Waals surface area contributed by atoms with Gasteiger partial charge in [0.2, 0.25) is 0 Å². The van der Waals surface area contributed by atoms with E-state index in [1.807, 2.05) is 51.1 Å². The van der Waals surface area contributed by atoms with Gasteiger partial charge in [-0.05, 0) is 141 Å². The van der Waals surface area contributed by atoms with Crippen molar-refractivity contribution in [2.45, 2.75) is 163 Å². The Balaban J connectivity index is 0.955. The summed E-state index contributed by atoms with van der Waals surface area (Å²) in [4.78, 5) is 29.4. The summed E-state index contributed by atoms with van der Waals surface area (Å²) in [7, 11) is -3.01. The molecule has 1 aliphatic heterocycles. The minimum Gasteiger partial charge on any atom is -0.462 e. The Morgan fingerprint density at radius 2 is 1.52 bits per heavy atom. The van der Waals surface area contributed by atoms with E-state index < -0.39 is 21.4 Å². The topological polar surface area (TPSA) is 122 Å². The average molecular weight is 877 g/mol. The summed E-state index contributed by atoms with van der Waals surface area (Å²) in [6.45, 7) is 27.3. The Kier molecular flexibility index (Phi) is 12.1. The van der Waals surface area contributed by atoms with Gasteiger partial charge in [0, 0.05) is 36.6 Å². The number of benzene rings is 1. The van der Waals surface area contributed by atoms with Crippen LogP contribution in [0.15, 0.2) is 42.5 Å². The molecule has 1 saturated heterocycles. The van der Waals surface area contributed by atoms with E-state index in [1.54, 1.807) is 0 Å². The maximum absolute atomic E-state index is 14.1. The van der Waals surface area contributed by atoms with Crippen molar-refractivity contribution in [1.29, 1.82) is 0 Å². The molecule has 62 heavy (non-hydrogen) atoms. The predicted molar refractivity (Wildman–Crippen MR) is 244 cm³/mol. The first-order valence-electron chi connectivity index (χ1n) is 24.4. The van der Waals surface area contributed by atoms with Gasteiger partial charge in [-0.15, -0.1) is 0 Å². The summed E-state index contributed by atoms with van der Waals surface area (Å²) >= 11 is 0. The Hall–Kier alpha value is -2.27. The quantitative estimate of drug-likeness (QED) is 0.166. The predicted octanol–water partition coefficient (Wildman–Crippen LogP) is 8.78. The zero-order valence-corrected chi connectivity index (χ0v) is 40.5. The van der Waals surface area contributed by atoms with Crippen LogP contribution in [0.2, 0.25) is 0 Å². The average Bonchev–Trinajstić information content (AvgIpc) is 3.59. The van der Waals surface area contributed by atoms with E-state index in [2.05, 4.69) is 58.3 Å². The number of nitrogens with one attached hydrogen (secondary N) is 1. The lowest BCUT2D eigenvalue weighted by molar-refractivity contribution is -0.248. The van der Waals surface area contributed by atoms with Crippen molar-refractivity contribution in [2.75, 3.05) is 31.1 Å². The summed E-state index contributed by atoms with van der Waals surface area (Å²) in [5, 5.41) is 15.2. The van der Waals surface area contributed by atoms with E-state index in [-0.39, 0.29) is 81.2 Å². The van der Waals surface area contributed by atoms with Crippen molar-refractivity contribution in [2.24, 2.45) is 68.5 Å². The number of hydrogen-bond acceptors (Lipinski definition) is 9. The first kappa shape index (κ1) is 46.3. The monoisotopic (exact) mass is 877 g/mol. The number of hydrogen-bond donors (Lipinski definition) is 2. The minimum absolute atomic E-state index is 0.0193. The van der Waals surface area contributed by atoms with Gasteiger partial charge in [-0.25, -0.2) is 8.42 Å². The number of nitrogens with zero attached hydrogens (tertiary/aromatic N) is 1. The van der Waals surface area contributed by atoms with Gasteiger partial charge in [-0.1, -0.05) is 91.0 Å². The van der Waals surface area contributed by atoms with Crippen molar-refractivity contribution >= 4 is 21.8 Å².